The van der Waals surface area contributed by atoms with Gasteiger partial charge in [0.25, 0.3) is 0 Å². The van der Waals surface area contributed by atoms with Crippen molar-refractivity contribution in [2.45, 2.75) is 18.8 Å². The van der Waals surface area contributed by atoms with E-state index in [9.17, 15) is 14.7 Å². The third-order valence-corrected chi connectivity index (χ3v) is 3.34. The molecule has 0 amide bonds. The van der Waals surface area contributed by atoms with E-state index in [1.54, 1.807) is 0 Å². The van der Waals surface area contributed by atoms with Gasteiger partial charge in [-0.3, -0.25) is 9.59 Å². The molecule has 1 aliphatic carbocycles. The Bertz CT molecular complexity index is 314. The second kappa shape index (κ2) is 4.03. The zero-order chi connectivity index (χ0) is 11.9. The molecule has 2 rings (SSSR count). The summed E-state index contributed by atoms with van der Waals surface area (Å²) in [5, 5.41) is 9.76. The Morgan fingerprint density at radius 1 is 1.50 bits per heavy atom. The van der Waals surface area contributed by atoms with Crippen molar-refractivity contribution in [3.05, 3.63) is 0 Å². The highest BCUT2D eigenvalue weighted by Crippen LogP contribution is 2.46. The number of carbonyl (C=O) groups excluding carboxylic acids is 2. The molecule has 0 bridgehead atoms. The Morgan fingerprint density at radius 2 is 2.19 bits per heavy atom. The first-order valence-electron chi connectivity index (χ1n) is 5.09. The normalized spacial score (nSPS) is 41.7. The van der Waals surface area contributed by atoms with Crippen molar-refractivity contribution in [3.63, 3.8) is 0 Å². The summed E-state index contributed by atoms with van der Waals surface area (Å²) in [6.45, 7) is 0. The van der Waals surface area contributed by atoms with Crippen LogP contribution >= 0.6 is 0 Å². The van der Waals surface area contributed by atoms with Gasteiger partial charge in [0.2, 0.25) is 6.29 Å². The molecule has 1 heterocycles. The van der Waals surface area contributed by atoms with Crippen LogP contribution in [0.3, 0.4) is 0 Å². The third-order valence-electron chi connectivity index (χ3n) is 3.34. The van der Waals surface area contributed by atoms with Gasteiger partial charge in [-0.25, -0.2) is 0 Å². The highest BCUT2D eigenvalue weighted by atomic mass is 16.7. The number of fused-ring (bicyclic) bond motifs is 1. The molecule has 2 fully saturated rings. The van der Waals surface area contributed by atoms with Gasteiger partial charge >= 0.3 is 11.9 Å². The van der Waals surface area contributed by atoms with Gasteiger partial charge in [0.1, 0.15) is 0 Å². The summed E-state index contributed by atoms with van der Waals surface area (Å²) in [5.74, 6) is -2.82. The van der Waals surface area contributed by atoms with Gasteiger partial charge in [0.15, 0.2) is 0 Å². The van der Waals surface area contributed by atoms with Crippen molar-refractivity contribution in [2.24, 2.45) is 17.8 Å². The Balaban J connectivity index is 2.24. The van der Waals surface area contributed by atoms with Crippen molar-refractivity contribution in [2.75, 3.05) is 14.2 Å². The average molecular weight is 230 g/mol. The van der Waals surface area contributed by atoms with E-state index in [2.05, 4.69) is 4.74 Å². The molecule has 1 aliphatic heterocycles. The predicted octanol–water partition coefficient (Wildman–Crippen LogP) is -0.698. The lowest BCUT2D eigenvalue weighted by Crippen LogP contribution is -2.32. The minimum absolute atomic E-state index is 0.267. The van der Waals surface area contributed by atoms with Crippen LogP contribution in [-0.4, -0.2) is 43.7 Å². The van der Waals surface area contributed by atoms with Gasteiger partial charge in [-0.15, -0.1) is 0 Å². The first kappa shape index (κ1) is 11.3. The maximum atomic E-state index is 11.6. The first-order chi connectivity index (χ1) is 7.60. The van der Waals surface area contributed by atoms with E-state index in [0.29, 0.717) is 6.42 Å². The maximum Gasteiger partial charge on any atom is 0.312 e. The predicted molar refractivity (Wildman–Crippen MR) is 50.0 cm³/mol. The number of ether oxygens (including phenoxy) is 3. The summed E-state index contributed by atoms with van der Waals surface area (Å²) >= 11 is 0. The molecule has 6 nitrogen and oxygen atoms in total. The van der Waals surface area contributed by atoms with Gasteiger partial charge < -0.3 is 19.3 Å². The van der Waals surface area contributed by atoms with Crippen molar-refractivity contribution in [1.29, 1.82) is 0 Å². The van der Waals surface area contributed by atoms with Crippen LogP contribution in [0, 0.1) is 17.8 Å². The van der Waals surface area contributed by atoms with Crippen LogP contribution in [-0.2, 0) is 23.8 Å². The maximum absolute atomic E-state index is 11.6. The molecular formula is C10H14O6. The van der Waals surface area contributed by atoms with Crippen molar-refractivity contribution in [1.82, 2.24) is 0 Å². The van der Waals surface area contributed by atoms with E-state index in [1.807, 2.05) is 0 Å². The lowest BCUT2D eigenvalue weighted by atomic mass is 9.91. The molecule has 1 N–H and O–H groups in total. The second-order valence-electron chi connectivity index (χ2n) is 4.08. The fourth-order valence-corrected chi connectivity index (χ4v) is 2.62. The molecule has 0 spiro atoms. The Kier molecular flexibility index (Phi) is 2.86. The van der Waals surface area contributed by atoms with E-state index >= 15 is 0 Å². The standard InChI is InChI=1S/C10H14O6/c1-14-8(12)7-5(11)3-4-6(7)9(13)16-10(4)15-2/h4-7,10-11H,3H2,1-2H3/t4-,5+,6-,7+,10-/m1/s1. The van der Waals surface area contributed by atoms with Crippen LogP contribution in [0.25, 0.3) is 0 Å². The minimum Gasteiger partial charge on any atom is -0.469 e. The van der Waals surface area contributed by atoms with Crippen LogP contribution in [0.2, 0.25) is 0 Å². The van der Waals surface area contributed by atoms with E-state index < -0.39 is 36.2 Å². The van der Waals surface area contributed by atoms with Crippen molar-refractivity contribution < 1.29 is 28.9 Å². The summed E-state index contributed by atoms with van der Waals surface area (Å²) in [4.78, 5) is 23.1. The number of cyclic esters (lactones) is 1. The second-order valence-corrected chi connectivity index (χ2v) is 4.08. The molecule has 6 heteroatoms. The molecule has 0 aromatic heterocycles. The van der Waals surface area contributed by atoms with Crippen LogP contribution in [0.15, 0.2) is 0 Å². The lowest BCUT2D eigenvalue weighted by Gasteiger charge is -2.15. The summed E-state index contributed by atoms with van der Waals surface area (Å²) in [7, 11) is 2.66. The van der Waals surface area contributed by atoms with Crippen LogP contribution in [0.5, 0.6) is 0 Å². The Labute approximate surface area is 92.5 Å². The van der Waals surface area contributed by atoms with Gasteiger partial charge in [-0.2, -0.15) is 0 Å². The summed E-state index contributed by atoms with van der Waals surface area (Å²) in [6.07, 6.45) is -1.22. The smallest absolute Gasteiger partial charge is 0.312 e. The first-order valence-corrected chi connectivity index (χ1v) is 5.09. The number of aliphatic hydroxyl groups is 1. The van der Waals surface area contributed by atoms with Gasteiger partial charge in [-0.05, 0) is 6.42 Å². The zero-order valence-electron chi connectivity index (χ0n) is 9.08. The van der Waals surface area contributed by atoms with Crippen molar-refractivity contribution >= 4 is 11.9 Å². The zero-order valence-corrected chi connectivity index (χ0v) is 9.08. The van der Waals surface area contributed by atoms with Crippen LogP contribution in [0.4, 0.5) is 0 Å². The molecule has 1 saturated heterocycles. The highest BCUT2D eigenvalue weighted by Gasteiger charge is 2.59. The molecular weight excluding hydrogens is 216 g/mol. The van der Waals surface area contributed by atoms with E-state index in [1.165, 1.54) is 14.2 Å². The van der Waals surface area contributed by atoms with Crippen molar-refractivity contribution in [3.8, 4) is 0 Å². The molecule has 0 aromatic rings. The third kappa shape index (κ3) is 1.49. The average Bonchev–Trinajstić information content (AvgIpc) is 2.75. The number of esters is 2. The highest BCUT2D eigenvalue weighted by molar-refractivity contribution is 5.85. The Hall–Kier alpha value is -1.14. The van der Waals surface area contributed by atoms with Gasteiger partial charge in [0, 0.05) is 13.0 Å². The molecule has 2 aliphatic rings. The monoisotopic (exact) mass is 230 g/mol. The summed E-state index contributed by atoms with van der Waals surface area (Å²) < 4.78 is 14.6. The van der Waals surface area contributed by atoms with Gasteiger partial charge in [0.05, 0.1) is 25.0 Å². The van der Waals surface area contributed by atoms with Crippen LogP contribution in [0.1, 0.15) is 6.42 Å². The van der Waals surface area contributed by atoms with E-state index in [0.717, 1.165) is 0 Å². The largest absolute Gasteiger partial charge is 0.469 e. The number of hydrogen-bond acceptors (Lipinski definition) is 6. The number of carbonyl (C=O) groups is 2. The SMILES string of the molecule is COC(=O)[C@@H]1[C@@H]2C(=O)O[C@@H](OC)[C@@H]2C[C@@H]1O. The molecule has 0 unspecified atom stereocenters. The van der Waals surface area contributed by atoms with Gasteiger partial charge in [-0.1, -0.05) is 0 Å². The topological polar surface area (TPSA) is 82.1 Å². The Morgan fingerprint density at radius 3 is 2.75 bits per heavy atom. The quantitative estimate of drug-likeness (QED) is 0.632. The molecule has 0 radical (unpaired) electrons. The molecule has 5 atom stereocenters. The number of rotatable bonds is 2. The number of aliphatic hydroxyl groups excluding tert-OH is 1. The lowest BCUT2D eigenvalue weighted by molar-refractivity contribution is -0.168. The number of methoxy groups -OCH3 is 2. The fourth-order valence-electron chi connectivity index (χ4n) is 2.62. The summed E-state index contributed by atoms with van der Waals surface area (Å²) in [6, 6.07) is 0. The van der Waals surface area contributed by atoms with Crippen LogP contribution < -0.4 is 0 Å². The molecule has 16 heavy (non-hydrogen) atoms. The minimum atomic E-state index is -0.868. The summed E-state index contributed by atoms with van der Waals surface area (Å²) in [5.41, 5.74) is 0. The molecule has 1 saturated carbocycles. The fraction of sp³-hybridized carbons (Fsp3) is 0.800. The molecule has 90 valence electrons. The van der Waals surface area contributed by atoms with E-state index in [-0.39, 0.29) is 5.92 Å². The molecule has 0 aromatic carbocycles. The van der Waals surface area contributed by atoms with E-state index in [4.69, 9.17) is 9.47 Å². The number of hydrogen-bond donors (Lipinski definition) is 1.